The van der Waals surface area contributed by atoms with E-state index in [9.17, 15) is 8.42 Å². The van der Waals surface area contributed by atoms with Crippen LogP contribution in [0.15, 0.2) is 23.2 Å². The van der Waals surface area contributed by atoms with Gasteiger partial charge in [-0.25, -0.2) is 18.1 Å². The zero-order valence-corrected chi connectivity index (χ0v) is 20.1. The molecule has 0 aromatic heterocycles. The number of hydrogen-bond donors (Lipinski definition) is 3. The number of nitrogens with zero attached hydrogens (tertiary/aromatic N) is 1. The van der Waals surface area contributed by atoms with Gasteiger partial charge in [-0.15, -0.1) is 24.0 Å². The summed E-state index contributed by atoms with van der Waals surface area (Å²) >= 11 is 0. The SMILES string of the molecule is CCNC(=NCc1ccc(C)cc1OC)NCCS(=O)(=O)NCC1CCC1.I. The maximum atomic E-state index is 12.1. The smallest absolute Gasteiger partial charge is 0.213 e. The normalized spacial score (nSPS) is 14.8. The predicted octanol–water partition coefficient (Wildman–Crippen LogP) is 2.40. The number of aryl methyl sites for hydroxylation is 1. The molecular formula is C19H33IN4O3S. The standard InChI is InChI=1S/C19H32N4O3S.HI/c1-4-20-19(22-14-17-9-8-15(2)12-18(17)26-3)21-10-11-27(24,25)23-13-16-6-5-7-16;/h8-9,12,16,23H,4-7,10-11,13-14H2,1-3H3,(H2,20,21,22);1H. The van der Waals surface area contributed by atoms with Crippen molar-refractivity contribution in [3.8, 4) is 5.75 Å². The molecule has 1 fully saturated rings. The fraction of sp³-hybridized carbons (Fsp3) is 0.632. The first kappa shape index (κ1) is 25.0. The Hall–Kier alpha value is -1.07. The van der Waals surface area contributed by atoms with Crippen LogP contribution in [0.3, 0.4) is 0 Å². The van der Waals surface area contributed by atoms with Crippen molar-refractivity contribution in [1.82, 2.24) is 15.4 Å². The third-order valence-electron chi connectivity index (χ3n) is 4.67. The molecule has 0 spiro atoms. The molecule has 0 amide bonds. The minimum Gasteiger partial charge on any atom is -0.496 e. The number of hydrogen-bond acceptors (Lipinski definition) is 4. The highest BCUT2D eigenvalue weighted by atomic mass is 127. The molecule has 160 valence electrons. The Kier molecular flexibility index (Phi) is 11.1. The van der Waals surface area contributed by atoms with Crippen molar-refractivity contribution in [1.29, 1.82) is 0 Å². The quantitative estimate of drug-likeness (QED) is 0.249. The second kappa shape index (κ2) is 12.5. The molecule has 0 unspecified atom stereocenters. The lowest BCUT2D eigenvalue weighted by Gasteiger charge is -2.25. The number of methoxy groups -OCH3 is 1. The summed E-state index contributed by atoms with van der Waals surface area (Å²) in [6.45, 7) is 6.00. The van der Waals surface area contributed by atoms with Gasteiger partial charge in [0.05, 0.1) is 19.4 Å². The summed E-state index contributed by atoms with van der Waals surface area (Å²) in [5.74, 6) is 1.93. The van der Waals surface area contributed by atoms with Crippen LogP contribution in [-0.2, 0) is 16.6 Å². The number of benzene rings is 1. The first-order valence-corrected chi connectivity index (χ1v) is 11.2. The van der Waals surface area contributed by atoms with E-state index in [4.69, 9.17) is 4.74 Å². The van der Waals surface area contributed by atoms with Gasteiger partial charge in [0.15, 0.2) is 5.96 Å². The molecular weight excluding hydrogens is 491 g/mol. The van der Waals surface area contributed by atoms with Crippen LogP contribution < -0.4 is 20.1 Å². The Balaban J connectivity index is 0.00000392. The summed E-state index contributed by atoms with van der Waals surface area (Å²) in [5.41, 5.74) is 2.11. The number of halogens is 1. The fourth-order valence-corrected chi connectivity index (χ4v) is 3.81. The number of ether oxygens (including phenoxy) is 1. The first-order chi connectivity index (χ1) is 12.9. The van der Waals surface area contributed by atoms with E-state index in [0.29, 0.717) is 38.1 Å². The number of sulfonamides is 1. The molecule has 3 N–H and O–H groups in total. The summed E-state index contributed by atoms with van der Waals surface area (Å²) < 4.78 is 32.3. The van der Waals surface area contributed by atoms with Crippen molar-refractivity contribution in [2.24, 2.45) is 10.9 Å². The van der Waals surface area contributed by atoms with Crippen LogP contribution in [0.5, 0.6) is 5.75 Å². The molecule has 0 bridgehead atoms. The Morgan fingerprint density at radius 1 is 1.29 bits per heavy atom. The number of guanidine groups is 1. The Morgan fingerprint density at radius 2 is 2.04 bits per heavy atom. The molecule has 0 atom stereocenters. The molecule has 0 radical (unpaired) electrons. The molecule has 1 aromatic carbocycles. The van der Waals surface area contributed by atoms with Crippen LogP contribution in [0.2, 0.25) is 0 Å². The van der Waals surface area contributed by atoms with E-state index in [-0.39, 0.29) is 29.7 Å². The van der Waals surface area contributed by atoms with E-state index in [1.165, 1.54) is 6.42 Å². The van der Waals surface area contributed by atoms with E-state index in [1.807, 2.05) is 32.0 Å². The van der Waals surface area contributed by atoms with Crippen LogP contribution in [0.25, 0.3) is 0 Å². The summed E-state index contributed by atoms with van der Waals surface area (Å²) in [6, 6.07) is 6.00. The van der Waals surface area contributed by atoms with Crippen molar-refractivity contribution in [3.05, 3.63) is 29.3 Å². The minimum absolute atomic E-state index is 0. The van der Waals surface area contributed by atoms with Gasteiger partial charge in [-0.3, -0.25) is 0 Å². The van der Waals surface area contributed by atoms with E-state index in [1.54, 1.807) is 7.11 Å². The lowest BCUT2D eigenvalue weighted by atomic mass is 9.86. The van der Waals surface area contributed by atoms with Crippen LogP contribution in [0, 0.1) is 12.8 Å². The Morgan fingerprint density at radius 3 is 2.64 bits per heavy atom. The zero-order valence-electron chi connectivity index (χ0n) is 17.0. The van der Waals surface area contributed by atoms with Crippen LogP contribution in [-0.4, -0.2) is 46.9 Å². The number of aliphatic imine (C=N–C) groups is 1. The molecule has 0 aliphatic heterocycles. The van der Waals surface area contributed by atoms with Crippen molar-refractivity contribution >= 4 is 40.0 Å². The Bertz CT molecular complexity index is 737. The van der Waals surface area contributed by atoms with Gasteiger partial charge in [0, 0.05) is 25.2 Å². The second-order valence-corrected chi connectivity index (χ2v) is 8.83. The highest BCUT2D eigenvalue weighted by molar-refractivity contribution is 14.0. The molecule has 7 nitrogen and oxygen atoms in total. The van der Waals surface area contributed by atoms with E-state index >= 15 is 0 Å². The largest absolute Gasteiger partial charge is 0.496 e. The van der Waals surface area contributed by atoms with E-state index in [2.05, 4.69) is 20.3 Å². The maximum Gasteiger partial charge on any atom is 0.213 e. The lowest BCUT2D eigenvalue weighted by molar-refractivity contribution is 0.316. The average molecular weight is 524 g/mol. The van der Waals surface area contributed by atoms with Gasteiger partial charge in [0.2, 0.25) is 10.0 Å². The van der Waals surface area contributed by atoms with Crippen LogP contribution in [0.1, 0.15) is 37.3 Å². The van der Waals surface area contributed by atoms with Gasteiger partial charge < -0.3 is 15.4 Å². The van der Waals surface area contributed by atoms with Crippen molar-refractivity contribution < 1.29 is 13.2 Å². The zero-order chi connectivity index (χ0) is 19.7. The molecule has 1 aliphatic rings. The third kappa shape index (κ3) is 8.52. The van der Waals surface area contributed by atoms with Gasteiger partial charge in [0.25, 0.3) is 0 Å². The summed E-state index contributed by atoms with van der Waals surface area (Å²) in [7, 11) is -1.62. The van der Waals surface area contributed by atoms with Crippen molar-refractivity contribution in [2.75, 3.05) is 32.5 Å². The predicted molar refractivity (Wildman–Crippen MR) is 125 cm³/mol. The maximum absolute atomic E-state index is 12.1. The summed E-state index contributed by atoms with van der Waals surface area (Å²) in [6.07, 6.45) is 3.46. The van der Waals surface area contributed by atoms with Crippen molar-refractivity contribution in [2.45, 2.75) is 39.7 Å². The molecule has 0 heterocycles. The highest BCUT2D eigenvalue weighted by Gasteiger charge is 2.20. The van der Waals surface area contributed by atoms with Gasteiger partial charge in [-0.05, 0) is 44.2 Å². The molecule has 1 aliphatic carbocycles. The van der Waals surface area contributed by atoms with E-state index < -0.39 is 10.0 Å². The number of nitrogens with one attached hydrogen (secondary N) is 3. The monoisotopic (exact) mass is 524 g/mol. The van der Waals surface area contributed by atoms with Crippen molar-refractivity contribution in [3.63, 3.8) is 0 Å². The van der Waals surface area contributed by atoms with Gasteiger partial charge in [-0.1, -0.05) is 18.6 Å². The molecule has 1 aromatic rings. The van der Waals surface area contributed by atoms with Gasteiger partial charge in [-0.2, -0.15) is 0 Å². The number of rotatable bonds is 10. The highest BCUT2D eigenvalue weighted by Crippen LogP contribution is 2.25. The lowest BCUT2D eigenvalue weighted by Crippen LogP contribution is -2.42. The second-order valence-electron chi connectivity index (χ2n) is 6.90. The fourth-order valence-electron chi connectivity index (χ4n) is 2.81. The summed E-state index contributed by atoms with van der Waals surface area (Å²) in [4.78, 5) is 4.54. The van der Waals surface area contributed by atoms with E-state index in [0.717, 1.165) is 29.7 Å². The minimum atomic E-state index is -3.26. The average Bonchev–Trinajstić information content (AvgIpc) is 2.58. The molecule has 9 heteroatoms. The Labute approximate surface area is 186 Å². The topological polar surface area (TPSA) is 91.8 Å². The first-order valence-electron chi connectivity index (χ1n) is 9.56. The summed E-state index contributed by atoms with van der Waals surface area (Å²) in [5, 5.41) is 6.23. The third-order valence-corrected chi connectivity index (χ3v) is 6.02. The van der Waals surface area contributed by atoms with Crippen LogP contribution in [0.4, 0.5) is 0 Å². The molecule has 2 rings (SSSR count). The van der Waals surface area contributed by atoms with Gasteiger partial charge in [0.1, 0.15) is 5.75 Å². The molecule has 1 saturated carbocycles. The molecule has 0 saturated heterocycles. The van der Waals surface area contributed by atoms with Crippen LogP contribution >= 0.6 is 24.0 Å². The van der Waals surface area contributed by atoms with Gasteiger partial charge >= 0.3 is 0 Å². The molecule has 28 heavy (non-hydrogen) atoms.